The van der Waals surface area contributed by atoms with Crippen LogP contribution in [0.3, 0.4) is 0 Å². The number of benzene rings is 2. The Morgan fingerprint density at radius 1 is 1.09 bits per heavy atom. The van der Waals surface area contributed by atoms with Gasteiger partial charge in [0.05, 0.1) is 0 Å². The fraction of sp³-hybridized carbons (Fsp3) is 0.235. The van der Waals surface area contributed by atoms with Crippen molar-refractivity contribution in [3.05, 3.63) is 63.6 Å². The van der Waals surface area contributed by atoms with Crippen LogP contribution in [0.4, 0.5) is 0 Å². The van der Waals surface area contributed by atoms with Crippen LogP contribution >= 0.6 is 23.2 Å². The highest BCUT2D eigenvalue weighted by molar-refractivity contribution is 6.35. The van der Waals surface area contributed by atoms with Crippen molar-refractivity contribution in [3.63, 3.8) is 0 Å². The molecule has 0 spiro atoms. The van der Waals surface area contributed by atoms with E-state index in [-0.39, 0.29) is 0 Å². The van der Waals surface area contributed by atoms with Gasteiger partial charge in [-0.2, -0.15) is 0 Å². The zero-order chi connectivity index (χ0) is 15.4. The molecule has 3 nitrogen and oxygen atoms in total. The molecule has 0 bridgehead atoms. The zero-order valence-corrected chi connectivity index (χ0v) is 13.5. The van der Waals surface area contributed by atoms with Gasteiger partial charge in [-0.3, -0.25) is 4.99 Å². The number of amidine groups is 1. The lowest BCUT2D eigenvalue weighted by Gasteiger charge is -2.15. The maximum Gasteiger partial charge on any atom is 0.128 e. The van der Waals surface area contributed by atoms with Crippen molar-refractivity contribution in [2.75, 3.05) is 13.1 Å². The van der Waals surface area contributed by atoms with Crippen molar-refractivity contribution in [2.45, 2.75) is 13.0 Å². The molecule has 0 saturated carbocycles. The first-order valence-corrected chi connectivity index (χ1v) is 7.93. The van der Waals surface area contributed by atoms with E-state index in [1.807, 2.05) is 36.4 Å². The lowest BCUT2D eigenvalue weighted by atomic mass is 10.1. The van der Waals surface area contributed by atoms with Gasteiger partial charge >= 0.3 is 0 Å². The third kappa shape index (κ3) is 3.73. The van der Waals surface area contributed by atoms with E-state index in [0.717, 1.165) is 42.2 Å². The van der Waals surface area contributed by atoms with Crippen LogP contribution in [0, 0.1) is 0 Å². The number of rotatable bonds is 4. The molecule has 0 saturated heterocycles. The maximum atomic E-state index is 6.13. The number of ether oxygens (including phenoxy) is 1. The van der Waals surface area contributed by atoms with Gasteiger partial charge in [0.15, 0.2) is 0 Å². The van der Waals surface area contributed by atoms with Gasteiger partial charge in [-0.15, -0.1) is 0 Å². The maximum absolute atomic E-state index is 6.13. The first-order valence-electron chi connectivity index (χ1n) is 7.18. The Morgan fingerprint density at radius 3 is 2.59 bits per heavy atom. The fourth-order valence-corrected chi connectivity index (χ4v) is 2.70. The quantitative estimate of drug-likeness (QED) is 0.903. The Balaban J connectivity index is 1.65. The summed E-state index contributed by atoms with van der Waals surface area (Å²) in [5.74, 6) is 1.75. The lowest BCUT2D eigenvalue weighted by Crippen LogP contribution is -2.30. The van der Waals surface area contributed by atoms with Gasteiger partial charge in [0.1, 0.15) is 18.2 Å². The van der Waals surface area contributed by atoms with Crippen molar-refractivity contribution in [1.29, 1.82) is 0 Å². The van der Waals surface area contributed by atoms with Gasteiger partial charge in [0.2, 0.25) is 0 Å². The van der Waals surface area contributed by atoms with Crippen LogP contribution < -0.4 is 10.1 Å². The molecule has 0 radical (unpaired) electrons. The van der Waals surface area contributed by atoms with Gasteiger partial charge < -0.3 is 10.1 Å². The summed E-state index contributed by atoms with van der Waals surface area (Å²) in [5.41, 5.74) is 1.99. The van der Waals surface area contributed by atoms with E-state index >= 15 is 0 Å². The minimum absolute atomic E-state index is 0.411. The zero-order valence-electron chi connectivity index (χ0n) is 12.0. The molecule has 1 aliphatic heterocycles. The summed E-state index contributed by atoms with van der Waals surface area (Å²) in [6.07, 6.45) is 1.09. The second-order valence-electron chi connectivity index (χ2n) is 5.06. The second kappa shape index (κ2) is 7.03. The summed E-state index contributed by atoms with van der Waals surface area (Å²) in [6, 6.07) is 13.3. The van der Waals surface area contributed by atoms with Gasteiger partial charge in [0.25, 0.3) is 0 Å². The van der Waals surface area contributed by atoms with E-state index in [2.05, 4.69) is 10.3 Å². The van der Waals surface area contributed by atoms with Crippen molar-refractivity contribution in [1.82, 2.24) is 5.32 Å². The predicted octanol–water partition coefficient (Wildman–Crippen LogP) is 4.31. The van der Waals surface area contributed by atoms with E-state index in [9.17, 15) is 0 Å². The van der Waals surface area contributed by atoms with E-state index in [0.29, 0.717) is 16.7 Å². The summed E-state index contributed by atoms with van der Waals surface area (Å²) >= 11 is 12.0. The van der Waals surface area contributed by atoms with Crippen LogP contribution in [0.25, 0.3) is 0 Å². The smallest absolute Gasteiger partial charge is 0.128 e. The molecule has 1 N–H and O–H groups in total. The minimum Gasteiger partial charge on any atom is -0.489 e. The average Bonchev–Trinajstić information content (AvgIpc) is 2.55. The number of hydrogen-bond donors (Lipinski definition) is 1. The van der Waals surface area contributed by atoms with Crippen LogP contribution in [-0.2, 0) is 6.61 Å². The number of nitrogens with one attached hydrogen (secondary N) is 1. The monoisotopic (exact) mass is 334 g/mol. The molecule has 2 aromatic rings. The third-order valence-corrected chi connectivity index (χ3v) is 4.02. The molecule has 0 unspecified atom stereocenters. The summed E-state index contributed by atoms with van der Waals surface area (Å²) < 4.78 is 5.77. The molecule has 1 aliphatic rings. The van der Waals surface area contributed by atoms with Crippen molar-refractivity contribution in [3.8, 4) is 5.75 Å². The van der Waals surface area contributed by atoms with E-state index in [1.54, 1.807) is 6.07 Å². The lowest BCUT2D eigenvalue weighted by molar-refractivity contribution is 0.306. The molecular formula is C17H16Cl2N2O. The van der Waals surface area contributed by atoms with Crippen LogP contribution in [0.5, 0.6) is 5.75 Å². The molecule has 22 heavy (non-hydrogen) atoms. The van der Waals surface area contributed by atoms with Crippen molar-refractivity contribution >= 4 is 29.0 Å². The van der Waals surface area contributed by atoms with Crippen LogP contribution in [0.2, 0.25) is 10.0 Å². The highest BCUT2D eigenvalue weighted by atomic mass is 35.5. The van der Waals surface area contributed by atoms with Gasteiger partial charge in [-0.25, -0.2) is 0 Å². The highest BCUT2D eigenvalue weighted by Crippen LogP contribution is 2.23. The molecule has 114 valence electrons. The number of hydrogen-bond acceptors (Lipinski definition) is 3. The fourth-order valence-electron chi connectivity index (χ4n) is 2.23. The van der Waals surface area contributed by atoms with E-state index in [1.165, 1.54) is 0 Å². The van der Waals surface area contributed by atoms with E-state index < -0.39 is 0 Å². The normalized spacial score (nSPS) is 14.2. The topological polar surface area (TPSA) is 33.6 Å². The average molecular weight is 335 g/mol. The molecule has 0 fully saturated rings. The molecule has 0 aliphatic carbocycles. The van der Waals surface area contributed by atoms with Gasteiger partial charge in [-0.05, 0) is 42.8 Å². The van der Waals surface area contributed by atoms with Crippen LogP contribution in [0.15, 0.2) is 47.5 Å². The molecule has 5 heteroatoms. The van der Waals surface area contributed by atoms with Crippen molar-refractivity contribution in [2.24, 2.45) is 4.99 Å². The summed E-state index contributed by atoms with van der Waals surface area (Å²) in [6.45, 7) is 2.27. The number of aliphatic imine (C=N–C) groups is 1. The van der Waals surface area contributed by atoms with E-state index in [4.69, 9.17) is 27.9 Å². The molecule has 1 heterocycles. The molecule has 0 atom stereocenters. The summed E-state index contributed by atoms with van der Waals surface area (Å²) in [7, 11) is 0. The molecule has 3 rings (SSSR count). The van der Waals surface area contributed by atoms with Crippen LogP contribution in [0.1, 0.15) is 17.5 Å². The summed E-state index contributed by atoms with van der Waals surface area (Å²) in [5, 5.41) is 4.54. The molecule has 0 aromatic heterocycles. The molecule has 2 aromatic carbocycles. The SMILES string of the molecule is Clc1ccc(COc2ccc(C3=NCCCN3)cc2)c(Cl)c1. The Hall–Kier alpha value is -1.71. The third-order valence-electron chi connectivity index (χ3n) is 3.43. The second-order valence-corrected chi connectivity index (χ2v) is 5.90. The van der Waals surface area contributed by atoms with Gasteiger partial charge in [-0.1, -0.05) is 29.3 Å². The minimum atomic E-state index is 0.411. The van der Waals surface area contributed by atoms with Crippen molar-refractivity contribution < 1.29 is 4.74 Å². The largest absolute Gasteiger partial charge is 0.489 e. The molecule has 0 amide bonds. The number of halogens is 2. The number of nitrogens with zero attached hydrogens (tertiary/aromatic N) is 1. The van der Waals surface area contributed by atoms with Gasteiger partial charge in [0, 0.05) is 34.3 Å². The highest BCUT2D eigenvalue weighted by Gasteiger charge is 2.07. The standard InChI is InChI=1S/C17H16Cl2N2O/c18-14-5-2-13(16(19)10-14)11-22-15-6-3-12(4-7-15)17-20-8-1-9-21-17/h2-7,10H,1,8-9,11H2,(H,20,21). The van der Waals surface area contributed by atoms with Crippen LogP contribution in [-0.4, -0.2) is 18.9 Å². The Morgan fingerprint density at radius 2 is 1.91 bits per heavy atom. The first kappa shape index (κ1) is 15.2. The predicted molar refractivity (Wildman–Crippen MR) is 91.3 cm³/mol. The first-order chi connectivity index (χ1) is 10.7. The Bertz CT molecular complexity index is 684. The summed E-state index contributed by atoms with van der Waals surface area (Å²) in [4.78, 5) is 4.48. The Labute approximate surface area is 139 Å². The molecular weight excluding hydrogens is 319 g/mol. The Kier molecular flexibility index (Phi) is 4.86.